The average Bonchev–Trinajstić information content (AvgIpc) is 2.14. The maximum absolute atomic E-state index is 10.9. The Morgan fingerprint density at radius 2 is 2.00 bits per heavy atom. The molecule has 0 aliphatic carbocycles. The first-order chi connectivity index (χ1) is 7.78. The van der Waals surface area contributed by atoms with Crippen LogP contribution in [0, 0.1) is 5.41 Å². The van der Waals surface area contributed by atoms with E-state index in [1.807, 2.05) is 6.07 Å². The van der Waals surface area contributed by atoms with Gasteiger partial charge in [0.2, 0.25) is 0 Å². The Hall–Kier alpha value is -1.35. The van der Waals surface area contributed by atoms with Crippen molar-refractivity contribution in [2.24, 2.45) is 5.41 Å². The van der Waals surface area contributed by atoms with Crippen LogP contribution in [0.3, 0.4) is 0 Å². The molecule has 0 spiro atoms. The predicted octanol–water partition coefficient (Wildman–Crippen LogP) is 2.86. The molecule has 1 aromatic carbocycles. The standard InChI is InChI=1S/C14H21NO2/c1-14(2,3)10-15(4)9-11-6-5-7-12(8-11)13(16)17/h5-8H,9-10H2,1-4H3,(H,16,17). The molecule has 0 saturated heterocycles. The first-order valence-electron chi connectivity index (χ1n) is 5.79. The maximum Gasteiger partial charge on any atom is 0.335 e. The van der Waals surface area contributed by atoms with Gasteiger partial charge in [-0.2, -0.15) is 0 Å². The van der Waals surface area contributed by atoms with Gasteiger partial charge in [0.15, 0.2) is 0 Å². The SMILES string of the molecule is CN(Cc1cccc(C(=O)O)c1)CC(C)(C)C. The van der Waals surface area contributed by atoms with Crippen LogP contribution in [0.2, 0.25) is 0 Å². The third-order valence-corrected chi connectivity index (χ3v) is 2.37. The minimum Gasteiger partial charge on any atom is -0.478 e. The number of rotatable bonds is 4. The van der Waals surface area contributed by atoms with E-state index in [9.17, 15) is 4.79 Å². The number of carbonyl (C=O) groups is 1. The van der Waals surface area contributed by atoms with Crippen LogP contribution in [-0.2, 0) is 6.54 Å². The summed E-state index contributed by atoms with van der Waals surface area (Å²) in [5, 5.41) is 8.92. The van der Waals surface area contributed by atoms with Crippen molar-refractivity contribution in [1.82, 2.24) is 4.90 Å². The van der Waals surface area contributed by atoms with Gasteiger partial charge in [0.25, 0.3) is 0 Å². The molecule has 1 aromatic rings. The Labute approximate surface area is 103 Å². The smallest absolute Gasteiger partial charge is 0.335 e. The van der Waals surface area contributed by atoms with E-state index in [0.29, 0.717) is 5.56 Å². The van der Waals surface area contributed by atoms with Crippen LogP contribution in [0.5, 0.6) is 0 Å². The molecule has 0 aliphatic rings. The van der Waals surface area contributed by atoms with Crippen LogP contribution in [-0.4, -0.2) is 29.6 Å². The van der Waals surface area contributed by atoms with Gasteiger partial charge in [-0.3, -0.25) is 0 Å². The lowest BCUT2D eigenvalue weighted by atomic mass is 9.96. The molecule has 0 amide bonds. The Morgan fingerprint density at radius 1 is 1.35 bits per heavy atom. The summed E-state index contributed by atoms with van der Waals surface area (Å²) in [5.41, 5.74) is 1.64. The third-order valence-electron chi connectivity index (χ3n) is 2.37. The van der Waals surface area contributed by atoms with E-state index in [1.165, 1.54) is 0 Å². The highest BCUT2D eigenvalue weighted by atomic mass is 16.4. The van der Waals surface area contributed by atoms with E-state index in [2.05, 4.69) is 32.7 Å². The van der Waals surface area contributed by atoms with Crippen molar-refractivity contribution in [1.29, 1.82) is 0 Å². The summed E-state index contributed by atoms with van der Waals surface area (Å²) < 4.78 is 0. The summed E-state index contributed by atoms with van der Waals surface area (Å²) in [6.07, 6.45) is 0. The first-order valence-corrected chi connectivity index (χ1v) is 5.79. The highest BCUT2D eigenvalue weighted by molar-refractivity contribution is 5.87. The zero-order valence-corrected chi connectivity index (χ0v) is 11.0. The minimum atomic E-state index is -0.870. The molecule has 94 valence electrons. The molecule has 0 bridgehead atoms. The normalized spacial score (nSPS) is 11.8. The van der Waals surface area contributed by atoms with Gasteiger partial charge in [-0.1, -0.05) is 32.9 Å². The summed E-state index contributed by atoms with van der Waals surface area (Å²) in [5.74, 6) is -0.870. The number of carboxylic acid groups (broad SMARTS) is 1. The number of hydrogen-bond acceptors (Lipinski definition) is 2. The lowest BCUT2D eigenvalue weighted by molar-refractivity contribution is 0.0696. The monoisotopic (exact) mass is 235 g/mol. The number of nitrogens with zero attached hydrogens (tertiary/aromatic N) is 1. The van der Waals surface area contributed by atoms with Crippen molar-refractivity contribution in [2.45, 2.75) is 27.3 Å². The second-order valence-electron chi connectivity index (χ2n) is 5.74. The van der Waals surface area contributed by atoms with E-state index in [4.69, 9.17) is 5.11 Å². The highest BCUT2D eigenvalue weighted by Crippen LogP contribution is 2.16. The minimum absolute atomic E-state index is 0.249. The average molecular weight is 235 g/mol. The van der Waals surface area contributed by atoms with E-state index >= 15 is 0 Å². The Morgan fingerprint density at radius 3 is 2.53 bits per heavy atom. The van der Waals surface area contributed by atoms with Gasteiger partial charge in [-0.05, 0) is 30.2 Å². The van der Waals surface area contributed by atoms with Crippen LogP contribution < -0.4 is 0 Å². The molecular formula is C14H21NO2. The molecule has 3 nitrogen and oxygen atoms in total. The van der Waals surface area contributed by atoms with E-state index < -0.39 is 5.97 Å². The van der Waals surface area contributed by atoms with Crippen molar-refractivity contribution >= 4 is 5.97 Å². The molecule has 0 aliphatic heterocycles. The summed E-state index contributed by atoms with van der Waals surface area (Å²) in [4.78, 5) is 13.1. The summed E-state index contributed by atoms with van der Waals surface area (Å²) in [7, 11) is 2.05. The number of hydrogen-bond donors (Lipinski definition) is 1. The van der Waals surface area contributed by atoms with Gasteiger partial charge < -0.3 is 10.0 Å². The summed E-state index contributed by atoms with van der Waals surface area (Å²) >= 11 is 0. The van der Waals surface area contributed by atoms with Crippen LogP contribution in [0.4, 0.5) is 0 Å². The predicted molar refractivity (Wildman–Crippen MR) is 69.2 cm³/mol. The summed E-state index contributed by atoms with van der Waals surface area (Å²) in [6.45, 7) is 8.33. The molecule has 1 N–H and O–H groups in total. The first kappa shape index (κ1) is 13.7. The number of benzene rings is 1. The molecule has 0 fully saturated rings. The molecule has 0 aromatic heterocycles. The molecule has 0 radical (unpaired) electrons. The molecular weight excluding hydrogens is 214 g/mol. The van der Waals surface area contributed by atoms with Crippen LogP contribution in [0.25, 0.3) is 0 Å². The van der Waals surface area contributed by atoms with Crippen molar-refractivity contribution in [3.8, 4) is 0 Å². The number of carboxylic acids is 1. The molecule has 17 heavy (non-hydrogen) atoms. The largest absolute Gasteiger partial charge is 0.478 e. The zero-order valence-electron chi connectivity index (χ0n) is 11.0. The van der Waals surface area contributed by atoms with Crippen molar-refractivity contribution in [2.75, 3.05) is 13.6 Å². The fourth-order valence-electron chi connectivity index (χ4n) is 1.98. The topological polar surface area (TPSA) is 40.5 Å². The lowest BCUT2D eigenvalue weighted by Gasteiger charge is -2.26. The van der Waals surface area contributed by atoms with Gasteiger partial charge in [-0.25, -0.2) is 4.79 Å². The maximum atomic E-state index is 10.9. The Balaban J connectivity index is 2.68. The second kappa shape index (κ2) is 5.32. The van der Waals surface area contributed by atoms with Gasteiger partial charge in [0.1, 0.15) is 0 Å². The molecule has 0 unspecified atom stereocenters. The fraction of sp³-hybridized carbons (Fsp3) is 0.500. The van der Waals surface area contributed by atoms with Crippen molar-refractivity contribution in [3.63, 3.8) is 0 Å². The van der Waals surface area contributed by atoms with E-state index in [1.54, 1.807) is 18.2 Å². The molecule has 0 atom stereocenters. The number of aromatic carboxylic acids is 1. The Kier molecular flexibility index (Phi) is 4.29. The van der Waals surface area contributed by atoms with Gasteiger partial charge in [0, 0.05) is 13.1 Å². The Bertz CT molecular complexity index is 393. The van der Waals surface area contributed by atoms with Crippen LogP contribution >= 0.6 is 0 Å². The second-order valence-corrected chi connectivity index (χ2v) is 5.74. The summed E-state index contributed by atoms with van der Waals surface area (Å²) in [6, 6.07) is 7.12. The van der Waals surface area contributed by atoms with E-state index in [-0.39, 0.29) is 5.41 Å². The van der Waals surface area contributed by atoms with Gasteiger partial charge in [-0.15, -0.1) is 0 Å². The third kappa shape index (κ3) is 5.00. The van der Waals surface area contributed by atoms with Crippen molar-refractivity contribution in [3.05, 3.63) is 35.4 Å². The van der Waals surface area contributed by atoms with Gasteiger partial charge in [0.05, 0.1) is 5.56 Å². The van der Waals surface area contributed by atoms with Crippen LogP contribution in [0.15, 0.2) is 24.3 Å². The highest BCUT2D eigenvalue weighted by Gasteiger charge is 2.14. The molecule has 0 saturated carbocycles. The van der Waals surface area contributed by atoms with Crippen LogP contribution in [0.1, 0.15) is 36.7 Å². The molecule has 0 heterocycles. The quantitative estimate of drug-likeness (QED) is 0.872. The fourth-order valence-corrected chi connectivity index (χ4v) is 1.98. The van der Waals surface area contributed by atoms with Crippen molar-refractivity contribution < 1.29 is 9.90 Å². The lowest BCUT2D eigenvalue weighted by Crippen LogP contribution is -2.28. The molecule has 3 heteroatoms. The van der Waals surface area contributed by atoms with E-state index in [0.717, 1.165) is 18.7 Å². The zero-order chi connectivity index (χ0) is 13.1. The van der Waals surface area contributed by atoms with Gasteiger partial charge >= 0.3 is 5.97 Å². The molecule has 1 rings (SSSR count).